The molecule has 6 heteroatoms. The summed E-state index contributed by atoms with van der Waals surface area (Å²) in [4.78, 5) is 23.0. The van der Waals surface area contributed by atoms with Crippen LogP contribution in [-0.4, -0.2) is 61.0 Å². The van der Waals surface area contributed by atoms with E-state index in [9.17, 15) is 9.18 Å². The quantitative estimate of drug-likeness (QED) is 0.854. The molecule has 2 heterocycles. The van der Waals surface area contributed by atoms with Crippen molar-refractivity contribution in [2.75, 3.05) is 45.2 Å². The number of nitrogens with zero attached hydrogens (tertiary/aromatic N) is 4. The molecule has 1 aromatic heterocycles. The molecule has 0 radical (unpaired) electrons. The first-order chi connectivity index (χ1) is 12.1. The third-order valence-corrected chi connectivity index (χ3v) is 4.53. The fourth-order valence-corrected chi connectivity index (χ4v) is 3.25. The Kier molecular flexibility index (Phi) is 5.28. The Morgan fingerprint density at radius 3 is 2.40 bits per heavy atom. The van der Waals surface area contributed by atoms with Gasteiger partial charge in [0.05, 0.1) is 0 Å². The third kappa shape index (κ3) is 3.96. The molecule has 1 aliphatic rings. The van der Waals surface area contributed by atoms with Crippen LogP contribution in [0.3, 0.4) is 0 Å². The molecule has 1 fully saturated rings. The lowest BCUT2D eigenvalue weighted by atomic mass is 10.0. The molecular formula is C19H23FN4O. The van der Waals surface area contributed by atoms with E-state index in [-0.39, 0.29) is 11.7 Å². The minimum atomic E-state index is -0.469. The first kappa shape index (κ1) is 17.4. The van der Waals surface area contributed by atoms with Gasteiger partial charge < -0.3 is 9.80 Å². The maximum absolute atomic E-state index is 13.6. The number of aromatic nitrogens is 1. The topological polar surface area (TPSA) is 39.7 Å². The van der Waals surface area contributed by atoms with Gasteiger partial charge in [0.25, 0.3) is 0 Å². The number of hydrogen-bond acceptors (Lipinski definition) is 4. The largest absolute Gasteiger partial charge is 0.368 e. The number of amides is 1. The average Bonchev–Trinajstić information content (AvgIpc) is 2.62. The summed E-state index contributed by atoms with van der Waals surface area (Å²) in [6.45, 7) is 2.86. The van der Waals surface area contributed by atoms with E-state index in [2.05, 4.69) is 9.88 Å². The summed E-state index contributed by atoms with van der Waals surface area (Å²) in [6.07, 6.45) is 3.55. The Morgan fingerprint density at radius 2 is 1.80 bits per heavy atom. The zero-order valence-corrected chi connectivity index (χ0v) is 14.6. The lowest BCUT2D eigenvalue weighted by Crippen LogP contribution is -2.51. The van der Waals surface area contributed by atoms with Crippen LogP contribution in [0.1, 0.15) is 11.6 Å². The lowest BCUT2D eigenvalue weighted by molar-refractivity contribution is -0.136. The molecule has 1 aliphatic heterocycles. The molecule has 0 N–H and O–H groups in total. The number of benzene rings is 1. The van der Waals surface area contributed by atoms with Crippen molar-refractivity contribution in [3.63, 3.8) is 0 Å². The van der Waals surface area contributed by atoms with Crippen molar-refractivity contribution in [1.82, 2.24) is 14.8 Å². The number of halogens is 1. The number of hydrogen-bond donors (Lipinski definition) is 0. The van der Waals surface area contributed by atoms with Crippen LogP contribution >= 0.6 is 0 Å². The fraction of sp³-hybridized carbons (Fsp3) is 0.368. The van der Waals surface area contributed by atoms with Crippen molar-refractivity contribution in [3.8, 4) is 0 Å². The van der Waals surface area contributed by atoms with Crippen molar-refractivity contribution in [2.24, 2.45) is 0 Å². The molecule has 0 aliphatic carbocycles. The SMILES string of the molecule is CN(C)C(C(=O)N1CCN(c2ccncc2)CC1)c1cccc(F)c1. The molecule has 1 amide bonds. The van der Waals surface area contributed by atoms with Crippen LogP contribution in [0, 0.1) is 5.82 Å². The summed E-state index contributed by atoms with van der Waals surface area (Å²) in [5, 5.41) is 0. The molecule has 132 valence electrons. The van der Waals surface area contributed by atoms with E-state index in [1.165, 1.54) is 12.1 Å². The third-order valence-electron chi connectivity index (χ3n) is 4.53. The Bertz CT molecular complexity index is 714. The monoisotopic (exact) mass is 342 g/mol. The highest BCUT2D eigenvalue weighted by atomic mass is 19.1. The number of carbonyl (C=O) groups is 1. The normalized spacial score (nSPS) is 16.2. The molecule has 1 atom stereocenters. The zero-order chi connectivity index (χ0) is 17.8. The summed E-state index contributed by atoms with van der Waals surface area (Å²) in [5.74, 6) is -0.301. The Labute approximate surface area is 147 Å². The molecule has 1 saturated heterocycles. The van der Waals surface area contributed by atoms with Gasteiger partial charge in [-0.2, -0.15) is 0 Å². The maximum atomic E-state index is 13.6. The summed E-state index contributed by atoms with van der Waals surface area (Å²) in [5.41, 5.74) is 1.81. The van der Waals surface area contributed by atoms with Gasteiger partial charge in [0, 0.05) is 44.3 Å². The second kappa shape index (κ2) is 7.61. The van der Waals surface area contributed by atoms with Crippen LogP contribution in [0.15, 0.2) is 48.8 Å². The summed E-state index contributed by atoms with van der Waals surface area (Å²) in [6, 6.07) is 9.78. The molecule has 0 bridgehead atoms. The van der Waals surface area contributed by atoms with E-state index in [0.29, 0.717) is 18.7 Å². The van der Waals surface area contributed by atoms with Gasteiger partial charge in [-0.15, -0.1) is 0 Å². The number of piperazine rings is 1. The highest BCUT2D eigenvalue weighted by Gasteiger charge is 2.30. The van der Waals surface area contributed by atoms with Gasteiger partial charge >= 0.3 is 0 Å². The summed E-state index contributed by atoms with van der Waals surface area (Å²) < 4.78 is 13.6. The zero-order valence-electron chi connectivity index (χ0n) is 14.6. The van der Waals surface area contributed by atoms with E-state index >= 15 is 0 Å². The number of pyridine rings is 1. The van der Waals surface area contributed by atoms with Crippen molar-refractivity contribution in [2.45, 2.75) is 6.04 Å². The number of anilines is 1. The van der Waals surface area contributed by atoms with Crippen LogP contribution < -0.4 is 4.90 Å². The van der Waals surface area contributed by atoms with Crippen LogP contribution in [-0.2, 0) is 4.79 Å². The maximum Gasteiger partial charge on any atom is 0.244 e. The Hall–Kier alpha value is -2.47. The number of likely N-dealkylation sites (N-methyl/N-ethyl adjacent to an activating group) is 1. The molecular weight excluding hydrogens is 319 g/mol. The molecule has 0 saturated carbocycles. The van der Waals surface area contributed by atoms with E-state index in [4.69, 9.17) is 0 Å². The van der Waals surface area contributed by atoms with E-state index in [1.807, 2.05) is 36.0 Å². The van der Waals surface area contributed by atoms with Gasteiger partial charge in [-0.05, 0) is 43.9 Å². The van der Waals surface area contributed by atoms with E-state index < -0.39 is 6.04 Å². The molecule has 3 rings (SSSR count). The fourth-order valence-electron chi connectivity index (χ4n) is 3.25. The standard InChI is InChI=1S/C19H23FN4O/c1-22(2)18(15-4-3-5-16(20)14-15)19(25)24-12-10-23(11-13-24)17-6-8-21-9-7-17/h3-9,14,18H,10-13H2,1-2H3. The first-order valence-electron chi connectivity index (χ1n) is 8.42. The average molecular weight is 342 g/mol. The molecule has 1 aromatic carbocycles. The minimum Gasteiger partial charge on any atom is -0.368 e. The second-order valence-electron chi connectivity index (χ2n) is 6.44. The van der Waals surface area contributed by atoms with Gasteiger partial charge in [-0.3, -0.25) is 14.7 Å². The van der Waals surface area contributed by atoms with Gasteiger partial charge in [0.1, 0.15) is 11.9 Å². The second-order valence-corrected chi connectivity index (χ2v) is 6.44. The smallest absolute Gasteiger partial charge is 0.244 e. The van der Waals surface area contributed by atoms with Crippen LogP contribution in [0.4, 0.5) is 10.1 Å². The van der Waals surface area contributed by atoms with Crippen molar-refractivity contribution in [3.05, 3.63) is 60.2 Å². The van der Waals surface area contributed by atoms with Crippen molar-refractivity contribution < 1.29 is 9.18 Å². The molecule has 5 nitrogen and oxygen atoms in total. The van der Waals surface area contributed by atoms with E-state index in [1.54, 1.807) is 24.5 Å². The molecule has 1 unspecified atom stereocenters. The molecule has 2 aromatic rings. The van der Waals surface area contributed by atoms with Crippen molar-refractivity contribution in [1.29, 1.82) is 0 Å². The van der Waals surface area contributed by atoms with Crippen molar-refractivity contribution >= 4 is 11.6 Å². The number of carbonyl (C=O) groups excluding carboxylic acids is 1. The van der Waals surface area contributed by atoms with Gasteiger partial charge in [-0.25, -0.2) is 4.39 Å². The van der Waals surface area contributed by atoms with Gasteiger partial charge in [-0.1, -0.05) is 12.1 Å². The minimum absolute atomic E-state index is 0.0185. The van der Waals surface area contributed by atoms with Gasteiger partial charge in [0.15, 0.2) is 0 Å². The van der Waals surface area contributed by atoms with Crippen LogP contribution in [0.5, 0.6) is 0 Å². The molecule has 25 heavy (non-hydrogen) atoms. The Morgan fingerprint density at radius 1 is 1.12 bits per heavy atom. The number of rotatable bonds is 4. The summed E-state index contributed by atoms with van der Waals surface area (Å²) >= 11 is 0. The summed E-state index contributed by atoms with van der Waals surface area (Å²) in [7, 11) is 3.70. The first-order valence-corrected chi connectivity index (χ1v) is 8.42. The highest BCUT2D eigenvalue weighted by molar-refractivity contribution is 5.83. The van der Waals surface area contributed by atoms with Gasteiger partial charge in [0.2, 0.25) is 5.91 Å². The predicted molar refractivity (Wildman–Crippen MR) is 95.9 cm³/mol. The highest BCUT2D eigenvalue weighted by Crippen LogP contribution is 2.23. The predicted octanol–water partition coefficient (Wildman–Crippen LogP) is 2.17. The van der Waals surface area contributed by atoms with E-state index in [0.717, 1.165) is 18.8 Å². The Balaban J connectivity index is 1.70. The van der Waals surface area contributed by atoms with Crippen LogP contribution in [0.2, 0.25) is 0 Å². The molecule has 0 spiro atoms. The lowest BCUT2D eigenvalue weighted by Gasteiger charge is -2.38. The van der Waals surface area contributed by atoms with Crippen LogP contribution in [0.25, 0.3) is 0 Å².